The van der Waals surface area contributed by atoms with Crippen LogP contribution in [0.15, 0.2) is 146 Å². The van der Waals surface area contributed by atoms with E-state index in [1.807, 2.05) is 50.5 Å². The van der Waals surface area contributed by atoms with Gasteiger partial charge in [0, 0.05) is 49.7 Å². The molecule has 1 radical (unpaired) electrons. The van der Waals surface area contributed by atoms with E-state index in [1.54, 1.807) is 6.07 Å². The van der Waals surface area contributed by atoms with Gasteiger partial charge in [-0.3, -0.25) is 4.39 Å². The van der Waals surface area contributed by atoms with Gasteiger partial charge in [0.15, 0.2) is 23.0 Å². The van der Waals surface area contributed by atoms with Crippen LogP contribution in [0.3, 0.4) is 0 Å². The molecule has 0 spiro atoms. The molecule has 79 heavy (non-hydrogen) atoms. The zero-order chi connectivity index (χ0) is 55.0. The van der Waals surface area contributed by atoms with Crippen molar-refractivity contribution in [3.63, 3.8) is 0 Å². The van der Waals surface area contributed by atoms with E-state index in [2.05, 4.69) is 206 Å². The van der Waals surface area contributed by atoms with Crippen molar-refractivity contribution in [1.82, 2.24) is 9.97 Å². The number of halogens is 1. The van der Waals surface area contributed by atoms with E-state index in [9.17, 15) is 4.39 Å². The van der Waals surface area contributed by atoms with Crippen LogP contribution in [0.25, 0.3) is 33.6 Å². The molecule has 2 aromatic heterocycles. The van der Waals surface area contributed by atoms with Gasteiger partial charge in [-0.2, -0.15) is 0 Å². The molecule has 6 nitrogen and oxygen atoms in total. The number of benzene rings is 7. The molecule has 0 saturated carbocycles. The summed E-state index contributed by atoms with van der Waals surface area (Å²) in [5, 5.41) is 0. The van der Waals surface area contributed by atoms with Crippen LogP contribution in [-0.4, -0.2) is 16.7 Å². The molecule has 9 heteroatoms. The number of fused-ring (bicyclic) bond motifs is 8. The van der Waals surface area contributed by atoms with Crippen molar-refractivity contribution in [2.75, 3.05) is 9.80 Å². The SMILES string of the molecule is CC(C)(C)c1ccc2c(c1)Oc1cc(C(C)(C)C)cc3c1N2c1cc(-c2c[c-]c(-c4ccccn4)cc2)cc2c1B3c1cc(C(C)(C)C)cc3c1N2c1ccc(C(C)(C)C)cc1O3.Cc1cnc(-c2[c-]cc(F)cc2)cc1C.[Ir]. The maximum atomic E-state index is 12.7. The fourth-order valence-electron chi connectivity index (χ4n) is 11.2. The van der Waals surface area contributed by atoms with Gasteiger partial charge in [0.05, 0.1) is 22.7 Å². The summed E-state index contributed by atoms with van der Waals surface area (Å²) < 4.78 is 27.0. The summed E-state index contributed by atoms with van der Waals surface area (Å²) in [6, 6.07) is 53.4. The zero-order valence-corrected chi connectivity index (χ0v) is 50.1. The quantitative estimate of drug-likeness (QED) is 0.130. The Kier molecular flexibility index (Phi) is 13.0. The number of anilines is 6. The molecule has 0 bridgehead atoms. The van der Waals surface area contributed by atoms with Crippen molar-refractivity contribution in [3.05, 3.63) is 197 Å². The van der Waals surface area contributed by atoms with E-state index < -0.39 is 0 Å². The molecule has 9 aromatic rings. The van der Waals surface area contributed by atoms with Gasteiger partial charge in [0.1, 0.15) is 0 Å². The van der Waals surface area contributed by atoms with Gasteiger partial charge in [-0.1, -0.05) is 142 Å². The van der Waals surface area contributed by atoms with Gasteiger partial charge in [-0.05, 0) is 146 Å². The Hall–Kier alpha value is -7.32. The molecule has 399 valence electrons. The topological polar surface area (TPSA) is 50.7 Å². The Balaban J connectivity index is 0.000000357. The van der Waals surface area contributed by atoms with Gasteiger partial charge < -0.3 is 29.2 Å². The van der Waals surface area contributed by atoms with Crippen LogP contribution in [-0.2, 0) is 41.8 Å². The maximum absolute atomic E-state index is 12.7. The molecule has 7 aromatic carbocycles. The van der Waals surface area contributed by atoms with E-state index >= 15 is 0 Å². The fraction of sp³-hybridized carbons (Fsp3) is 0.257. The number of aromatic nitrogens is 2. The number of ether oxygens (including phenoxy) is 2. The van der Waals surface area contributed by atoms with Crippen LogP contribution in [0.1, 0.15) is 116 Å². The van der Waals surface area contributed by atoms with Gasteiger partial charge in [-0.25, -0.2) is 0 Å². The van der Waals surface area contributed by atoms with Crippen LogP contribution in [0.5, 0.6) is 23.0 Å². The van der Waals surface area contributed by atoms with E-state index in [0.717, 1.165) is 96.3 Å². The summed E-state index contributed by atoms with van der Waals surface area (Å²) in [6.07, 6.45) is 3.66. The Morgan fingerprint density at radius 1 is 0.468 bits per heavy atom. The predicted molar refractivity (Wildman–Crippen MR) is 321 cm³/mol. The second-order valence-electron chi connectivity index (χ2n) is 25.7. The Morgan fingerprint density at radius 2 is 0.975 bits per heavy atom. The minimum atomic E-state index is -0.275. The van der Waals surface area contributed by atoms with E-state index in [-0.39, 0.29) is 54.3 Å². The molecular weight excluding hydrogens is 1150 g/mol. The molecule has 13 rings (SSSR count). The Bertz CT molecular complexity index is 3720. The standard InChI is InChI=1S/C57H55BN3O2.C13H11FN.Ir/c1-54(2,3)36-20-22-43-47(29-36)62-49-31-38(56(7,8)9)27-40-52(49)60(43)45-25-35(33-16-18-34(19-17-33)42-15-13-14-24-59-42)26-46-51(45)58(40)41-28-39(57(10,11)12)32-50-53(41)61(46)44-23-21-37(55(4,5)6)30-48(44)63-50;1-9-7-13(15-8-10(9)2)11-3-5-12(14)6-4-11;/h13-18,20-32H,1-12H3;3,5-8H,1-2H3;/q2*-1;. The van der Waals surface area contributed by atoms with Crippen molar-refractivity contribution in [1.29, 1.82) is 0 Å². The molecule has 0 unspecified atom stereocenters. The van der Waals surface area contributed by atoms with E-state index in [1.165, 1.54) is 56.3 Å². The van der Waals surface area contributed by atoms with Gasteiger partial charge in [0.2, 0.25) is 0 Å². The molecule has 0 N–H and O–H groups in total. The molecule has 4 aliphatic rings. The van der Waals surface area contributed by atoms with Gasteiger partial charge in [-0.15, -0.1) is 59.7 Å². The largest absolute Gasteiger partial charge is 0.453 e. The van der Waals surface area contributed by atoms with Crippen LogP contribution < -0.4 is 35.7 Å². The third-order valence-electron chi connectivity index (χ3n) is 16.0. The Labute approximate surface area is 480 Å². The van der Waals surface area contributed by atoms with E-state index in [4.69, 9.17) is 9.47 Å². The first-order valence-corrected chi connectivity index (χ1v) is 27.2. The predicted octanol–water partition coefficient (Wildman–Crippen LogP) is 17.0. The third-order valence-corrected chi connectivity index (χ3v) is 16.0. The van der Waals surface area contributed by atoms with E-state index in [0.29, 0.717) is 0 Å². The van der Waals surface area contributed by atoms with Crippen molar-refractivity contribution in [2.45, 2.75) is 119 Å². The third kappa shape index (κ3) is 9.47. The number of hydrogen-bond donors (Lipinski definition) is 0. The monoisotopic (exact) mass is 1220 g/mol. The molecule has 0 saturated heterocycles. The summed E-state index contributed by atoms with van der Waals surface area (Å²) in [6.45, 7) is 31.4. The maximum Gasteiger partial charge on any atom is 0.252 e. The summed E-state index contributed by atoms with van der Waals surface area (Å²) in [5.41, 5.74) is 23.0. The number of rotatable bonds is 3. The summed E-state index contributed by atoms with van der Waals surface area (Å²) in [5.74, 6) is 3.25. The molecule has 0 aliphatic carbocycles. The van der Waals surface area contributed by atoms with Crippen LogP contribution in [0.4, 0.5) is 38.5 Å². The summed E-state index contributed by atoms with van der Waals surface area (Å²) in [4.78, 5) is 13.9. The number of nitrogens with zero attached hydrogens (tertiary/aromatic N) is 4. The minimum absolute atomic E-state index is 0. The normalized spacial score (nSPS) is 13.5. The van der Waals surface area contributed by atoms with Crippen LogP contribution >= 0.6 is 0 Å². The average molecular weight is 1220 g/mol. The van der Waals surface area contributed by atoms with Gasteiger partial charge in [0.25, 0.3) is 6.71 Å². The Morgan fingerprint density at radius 3 is 1.43 bits per heavy atom. The average Bonchev–Trinajstić information content (AvgIpc) is 2.73. The number of pyridine rings is 2. The van der Waals surface area contributed by atoms with Crippen molar-refractivity contribution in [3.8, 4) is 56.6 Å². The molecule has 0 atom stereocenters. The second kappa shape index (κ2) is 19.2. The number of aryl methyl sites for hydroxylation is 2. The molecule has 0 fully saturated rings. The number of hydrogen-bond acceptors (Lipinski definition) is 6. The van der Waals surface area contributed by atoms with Crippen LogP contribution in [0.2, 0.25) is 0 Å². The second-order valence-corrected chi connectivity index (χ2v) is 25.7. The molecule has 0 amide bonds. The summed E-state index contributed by atoms with van der Waals surface area (Å²) in [7, 11) is 0. The first kappa shape index (κ1) is 53.7. The summed E-state index contributed by atoms with van der Waals surface area (Å²) >= 11 is 0. The molecule has 4 aliphatic heterocycles. The zero-order valence-electron chi connectivity index (χ0n) is 47.8. The molecule has 6 heterocycles. The van der Waals surface area contributed by atoms with Crippen molar-refractivity contribution >= 4 is 57.2 Å². The first-order valence-electron chi connectivity index (χ1n) is 27.2. The van der Waals surface area contributed by atoms with Crippen LogP contribution in [0, 0.1) is 31.8 Å². The van der Waals surface area contributed by atoms with Crippen molar-refractivity contribution in [2.24, 2.45) is 0 Å². The van der Waals surface area contributed by atoms with Gasteiger partial charge >= 0.3 is 0 Å². The fourth-order valence-corrected chi connectivity index (χ4v) is 11.2. The smallest absolute Gasteiger partial charge is 0.252 e. The first-order chi connectivity index (χ1) is 36.9. The minimum Gasteiger partial charge on any atom is -0.453 e. The van der Waals surface area contributed by atoms with Crippen molar-refractivity contribution < 1.29 is 34.0 Å². The molecular formula is C70H66BFIrN4O2-2.